The van der Waals surface area contributed by atoms with Gasteiger partial charge in [0.1, 0.15) is 29.6 Å². The number of benzene rings is 3. The average molecular weight is 730 g/mol. The zero-order valence-corrected chi connectivity index (χ0v) is 28.9. The summed E-state index contributed by atoms with van der Waals surface area (Å²) in [6.45, 7) is -0.424. The van der Waals surface area contributed by atoms with Gasteiger partial charge < -0.3 is 52.6 Å². The normalized spacial score (nSPS) is 13.2. The quantitative estimate of drug-likeness (QED) is 0.0661. The summed E-state index contributed by atoms with van der Waals surface area (Å²) in [5, 5.41) is 42.1. The van der Waals surface area contributed by atoms with Crippen molar-refractivity contribution in [2.24, 2.45) is 5.73 Å². The number of carboxylic acid groups (broad SMARTS) is 1. The van der Waals surface area contributed by atoms with E-state index in [2.05, 4.69) is 31.6 Å². The first kappa shape index (κ1) is 39.4. The highest BCUT2D eigenvalue weighted by atomic mass is 16.4. The van der Waals surface area contributed by atoms with Crippen molar-refractivity contribution in [3.63, 3.8) is 0 Å². The fourth-order valence-corrected chi connectivity index (χ4v) is 5.52. The Bertz CT molecular complexity index is 1910. The maximum atomic E-state index is 14.1. The van der Waals surface area contributed by atoms with E-state index in [0.29, 0.717) is 16.7 Å². The number of aromatic amines is 1. The third kappa shape index (κ3) is 11.8. The standard InChI is InChI=1S/C37H43N7O9/c1-39-32(47)20-41-35(51)29(14-15-33(48)49)42-36(52)30(17-22-8-12-25(46)13-9-22)44-37(53)31(18-23-19-40-28-5-3-2-4-26(23)28)43-34(50)27(38)16-21-6-10-24(45)11-7-21/h2-13,19,27,29-31,40,45-46H,14-18,20,38H2,1H3,(H,39,47)(H,41,51)(H,42,52)(H,43,50)(H,44,53)(H,48,49)/t27-,29-,30-,31-/m0/s1. The molecule has 4 rings (SSSR count). The first-order valence-corrected chi connectivity index (χ1v) is 16.8. The molecule has 0 unspecified atom stereocenters. The Morgan fingerprint density at radius 2 is 1.25 bits per heavy atom. The number of phenols is 2. The number of para-hydroxylation sites is 1. The van der Waals surface area contributed by atoms with E-state index < -0.39 is 72.6 Å². The molecule has 0 saturated carbocycles. The van der Waals surface area contributed by atoms with E-state index in [1.807, 2.05) is 24.3 Å². The van der Waals surface area contributed by atoms with Gasteiger partial charge >= 0.3 is 5.97 Å². The van der Waals surface area contributed by atoms with E-state index in [4.69, 9.17) is 5.73 Å². The van der Waals surface area contributed by atoms with E-state index in [0.717, 1.165) is 10.9 Å². The van der Waals surface area contributed by atoms with Gasteiger partial charge in [0.15, 0.2) is 0 Å². The maximum Gasteiger partial charge on any atom is 0.303 e. The highest BCUT2D eigenvalue weighted by Crippen LogP contribution is 2.20. The fraction of sp³-hybridized carbons (Fsp3) is 0.297. The molecule has 0 aliphatic carbocycles. The van der Waals surface area contributed by atoms with Crippen molar-refractivity contribution in [3.8, 4) is 11.5 Å². The third-order valence-corrected chi connectivity index (χ3v) is 8.45. The van der Waals surface area contributed by atoms with Crippen molar-refractivity contribution < 1.29 is 44.1 Å². The number of carbonyl (C=O) groups is 6. The number of nitrogens with one attached hydrogen (secondary N) is 6. The number of aromatic hydroxyl groups is 2. The second-order valence-electron chi connectivity index (χ2n) is 12.4. The van der Waals surface area contributed by atoms with Crippen LogP contribution in [0.4, 0.5) is 0 Å². The molecule has 1 heterocycles. The van der Waals surface area contributed by atoms with Crippen LogP contribution in [0.5, 0.6) is 11.5 Å². The first-order chi connectivity index (χ1) is 25.3. The van der Waals surface area contributed by atoms with Crippen LogP contribution in [0.15, 0.2) is 79.0 Å². The van der Waals surface area contributed by atoms with Crippen molar-refractivity contribution >= 4 is 46.4 Å². The summed E-state index contributed by atoms with van der Waals surface area (Å²) in [6, 6.07) is 14.3. The first-order valence-electron chi connectivity index (χ1n) is 16.8. The van der Waals surface area contributed by atoms with Crippen LogP contribution in [0.25, 0.3) is 10.9 Å². The van der Waals surface area contributed by atoms with Crippen LogP contribution < -0.4 is 32.3 Å². The molecule has 0 radical (unpaired) electrons. The maximum absolute atomic E-state index is 14.1. The van der Waals surface area contributed by atoms with Crippen LogP contribution in [0, 0.1) is 0 Å². The molecule has 16 nitrogen and oxygen atoms in total. The molecule has 11 N–H and O–H groups in total. The van der Waals surface area contributed by atoms with Crippen LogP contribution in [0.2, 0.25) is 0 Å². The molecule has 16 heteroatoms. The number of H-pyrrole nitrogens is 1. The predicted molar refractivity (Wildman–Crippen MR) is 193 cm³/mol. The number of hydrogen-bond acceptors (Lipinski definition) is 9. The number of amides is 5. The van der Waals surface area contributed by atoms with Crippen molar-refractivity contribution in [3.05, 3.63) is 95.7 Å². The molecular weight excluding hydrogens is 686 g/mol. The lowest BCUT2D eigenvalue weighted by Gasteiger charge is -2.26. The molecule has 0 bridgehead atoms. The van der Waals surface area contributed by atoms with Gasteiger partial charge in [-0.2, -0.15) is 0 Å². The average Bonchev–Trinajstić information content (AvgIpc) is 3.55. The van der Waals surface area contributed by atoms with Crippen molar-refractivity contribution in [2.45, 2.75) is 56.3 Å². The largest absolute Gasteiger partial charge is 0.508 e. The van der Waals surface area contributed by atoms with Gasteiger partial charge in [-0.25, -0.2) is 0 Å². The molecule has 280 valence electrons. The molecule has 0 saturated heterocycles. The Morgan fingerprint density at radius 3 is 1.85 bits per heavy atom. The van der Waals surface area contributed by atoms with Crippen LogP contribution in [-0.2, 0) is 48.0 Å². The van der Waals surface area contributed by atoms with Crippen molar-refractivity contribution in [1.82, 2.24) is 31.6 Å². The second kappa shape index (κ2) is 18.7. The molecule has 0 spiro atoms. The summed E-state index contributed by atoms with van der Waals surface area (Å²) in [7, 11) is 1.37. The number of carboxylic acids is 1. The van der Waals surface area contributed by atoms with Gasteiger partial charge in [0.2, 0.25) is 29.5 Å². The molecule has 0 aliphatic rings. The number of nitrogens with two attached hydrogens (primary N) is 1. The molecule has 53 heavy (non-hydrogen) atoms. The van der Waals surface area contributed by atoms with Crippen LogP contribution >= 0.6 is 0 Å². The van der Waals surface area contributed by atoms with Crippen LogP contribution in [-0.4, -0.2) is 93.6 Å². The van der Waals surface area contributed by atoms with Gasteiger partial charge in [-0.05, 0) is 59.9 Å². The molecule has 4 aromatic rings. The zero-order valence-electron chi connectivity index (χ0n) is 28.9. The highest BCUT2D eigenvalue weighted by Gasteiger charge is 2.32. The number of rotatable bonds is 18. The summed E-state index contributed by atoms with van der Waals surface area (Å²) in [6.07, 6.45) is 0.856. The van der Waals surface area contributed by atoms with Crippen molar-refractivity contribution in [2.75, 3.05) is 13.6 Å². The minimum Gasteiger partial charge on any atom is -0.508 e. The van der Waals surface area contributed by atoms with Gasteiger partial charge in [0.25, 0.3) is 0 Å². The highest BCUT2D eigenvalue weighted by molar-refractivity contribution is 5.96. The van der Waals surface area contributed by atoms with Gasteiger partial charge in [-0.1, -0.05) is 42.5 Å². The van der Waals surface area contributed by atoms with Gasteiger partial charge in [-0.15, -0.1) is 0 Å². The number of fused-ring (bicyclic) bond motifs is 1. The van der Waals surface area contributed by atoms with E-state index >= 15 is 0 Å². The second-order valence-corrected chi connectivity index (χ2v) is 12.4. The lowest BCUT2D eigenvalue weighted by molar-refractivity contribution is -0.138. The Labute approximate surface area is 304 Å². The summed E-state index contributed by atoms with van der Waals surface area (Å²) >= 11 is 0. The minimum atomic E-state index is -1.39. The third-order valence-electron chi connectivity index (χ3n) is 8.45. The van der Waals surface area contributed by atoms with Gasteiger partial charge in [0.05, 0.1) is 12.6 Å². The van der Waals surface area contributed by atoms with Crippen LogP contribution in [0.3, 0.4) is 0 Å². The number of aliphatic carboxylic acids is 1. The summed E-state index contributed by atoms with van der Waals surface area (Å²) in [5.74, 6) is -4.81. The SMILES string of the molecule is CNC(=O)CNC(=O)[C@H](CCC(=O)O)NC(=O)[C@H](Cc1ccc(O)cc1)NC(=O)[C@H](Cc1c[nH]c2ccccc12)NC(=O)[C@@H](N)Cc1ccc(O)cc1. The molecule has 0 fully saturated rings. The summed E-state index contributed by atoms with van der Waals surface area (Å²) < 4.78 is 0. The monoisotopic (exact) mass is 729 g/mol. The molecule has 3 aromatic carbocycles. The van der Waals surface area contributed by atoms with E-state index in [1.165, 1.54) is 43.4 Å². The Morgan fingerprint density at radius 1 is 0.698 bits per heavy atom. The van der Waals surface area contributed by atoms with E-state index in [1.54, 1.807) is 18.3 Å². The number of aromatic nitrogens is 1. The van der Waals surface area contributed by atoms with Gasteiger partial charge in [-0.3, -0.25) is 28.8 Å². The minimum absolute atomic E-state index is 0.00972. The number of phenolic OH excluding ortho intramolecular Hbond substituents is 2. The molecule has 5 amide bonds. The van der Waals surface area contributed by atoms with E-state index in [-0.39, 0.29) is 37.2 Å². The summed E-state index contributed by atoms with van der Waals surface area (Å²) in [4.78, 5) is 80.7. The van der Waals surface area contributed by atoms with Crippen molar-refractivity contribution in [1.29, 1.82) is 0 Å². The molecule has 4 atom stereocenters. The lowest BCUT2D eigenvalue weighted by atomic mass is 10.0. The number of hydrogen-bond donors (Lipinski definition) is 10. The predicted octanol–water partition coefficient (Wildman–Crippen LogP) is 0.116. The Kier molecular flexibility index (Phi) is 13.9. The van der Waals surface area contributed by atoms with Crippen LogP contribution in [0.1, 0.15) is 29.5 Å². The molecule has 1 aromatic heterocycles. The number of likely N-dealkylation sites (N-methyl/N-ethyl adjacent to an activating group) is 1. The molecule has 0 aliphatic heterocycles. The molecular formula is C37H43N7O9. The topological polar surface area (TPSA) is 265 Å². The fourth-order valence-electron chi connectivity index (χ4n) is 5.52. The summed E-state index contributed by atoms with van der Waals surface area (Å²) in [5.41, 5.74) is 8.92. The number of carbonyl (C=O) groups excluding carboxylic acids is 5. The Hall–Kier alpha value is -6.42. The smallest absolute Gasteiger partial charge is 0.303 e. The van der Waals surface area contributed by atoms with E-state index in [9.17, 15) is 44.1 Å². The lowest BCUT2D eigenvalue weighted by Crippen LogP contribution is -2.59. The van der Waals surface area contributed by atoms with Gasteiger partial charge in [0, 0.05) is 43.4 Å². The zero-order chi connectivity index (χ0) is 38.5. The Balaban J connectivity index is 1.61.